The highest BCUT2D eigenvalue weighted by molar-refractivity contribution is 5.14. The second kappa shape index (κ2) is 7.46. The van der Waals surface area contributed by atoms with Gasteiger partial charge in [0.05, 0.1) is 18.8 Å². The highest BCUT2D eigenvalue weighted by atomic mass is 16.5. The predicted octanol–water partition coefficient (Wildman–Crippen LogP) is 1.86. The van der Waals surface area contributed by atoms with E-state index >= 15 is 0 Å². The molecular formula is C14H24N2O2. The van der Waals surface area contributed by atoms with Gasteiger partial charge in [-0.15, -0.1) is 0 Å². The molecule has 1 N–H and O–H groups in total. The van der Waals surface area contributed by atoms with Crippen molar-refractivity contribution in [2.75, 3.05) is 20.2 Å². The molecule has 4 nitrogen and oxygen atoms in total. The number of aromatic nitrogens is 1. The van der Waals surface area contributed by atoms with Crippen LogP contribution in [0.1, 0.15) is 32.4 Å². The summed E-state index contributed by atoms with van der Waals surface area (Å²) in [6.45, 7) is 7.03. The molecule has 1 aromatic heterocycles. The summed E-state index contributed by atoms with van der Waals surface area (Å²) >= 11 is 0. The first-order chi connectivity index (χ1) is 8.50. The molecule has 1 aromatic rings. The van der Waals surface area contributed by atoms with Gasteiger partial charge in [-0.05, 0) is 45.5 Å². The molecular weight excluding hydrogens is 228 g/mol. The maximum Gasteiger partial charge on any atom is 0.0900 e. The standard InChI is InChI=1S/C14H24N2O2/c1-11(2)18-10-14(17)9-16(4)12(3)13-5-7-15-8-6-13/h5-8,11-12,14,17H,9-10H2,1-4H3. The number of pyridine rings is 1. The van der Waals surface area contributed by atoms with Crippen LogP contribution in [0.3, 0.4) is 0 Å². The molecule has 0 saturated heterocycles. The van der Waals surface area contributed by atoms with Crippen LogP contribution in [0.4, 0.5) is 0 Å². The minimum absolute atomic E-state index is 0.155. The lowest BCUT2D eigenvalue weighted by molar-refractivity contribution is -0.00949. The van der Waals surface area contributed by atoms with E-state index in [-0.39, 0.29) is 12.1 Å². The number of nitrogens with zero attached hydrogens (tertiary/aromatic N) is 2. The first-order valence-corrected chi connectivity index (χ1v) is 6.40. The van der Waals surface area contributed by atoms with Crippen LogP contribution in [-0.2, 0) is 4.74 Å². The molecule has 0 aliphatic carbocycles. The van der Waals surface area contributed by atoms with Gasteiger partial charge in [0.15, 0.2) is 0 Å². The van der Waals surface area contributed by atoms with Crippen molar-refractivity contribution in [1.82, 2.24) is 9.88 Å². The Bertz CT molecular complexity index is 330. The highest BCUT2D eigenvalue weighted by Gasteiger charge is 2.15. The van der Waals surface area contributed by atoms with Gasteiger partial charge < -0.3 is 9.84 Å². The lowest BCUT2D eigenvalue weighted by atomic mass is 10.1. The van der Waals surface area contributed by atoms with Crippen molar-refractivity contribution in [2.45, 2.75) is 39.0 Å². The smallest absolute Gasteiger partial charge is 0.0900 e. The molecule has 0 fully saturated rings. The fourth-order valence-electron chi connectivity index (χ4n) is 1.74. The van der Waals surface area contributed by atoms with Crippen molar-refractivity contribution < 1.29 is 9.84 Å². The first-order valence-electron chi connectivity index (χ1n) is 6.40. The molecule has 0 amide bonds. The molecule has 0 radical (unpaired) electrons. The van der Waals surface area contributed by atoms with E-state index in [1.54, 1.807) is 12.4 Å². The molecule has 0 aromatic carbocycles. The molecule has 1 heterocycles. The summed E-state index contributed by atoms with van der Waals surface area (Å²) in [7, 11) is 2.00. The van der Waals surface area contributed by atoms with Gasteiger partial charge in [-0.25, -0.2) is 0 Å². The fourth-order valence-corrected chi connectivity index (χ4v) is 1.74. The van der Waals surface area contributed by atoms with Crippen molar-refractivity contribution in [3.05, 3.63) is 30.1 Å². The Labute approximate surface area is 110 Å². The van der Waals surface area contributed by atoms with Crippen LogP contribution in [0.5, 0.6) is 0 Å². The van der Waals surface area contributed by atoms with Gasteiger partial charge in [-0.3, -0.25) is 9.88 Å². The van der Waals surface area contributed by atoms with Crippen LogP contribution in [0, 0.1) is 0 Å². The normalized spacial score (nSPS) is 15.1. The maximum atomic E-state index is 9.89. The van der Waals surface area contributed by atoms with E-state index in [0.29, 0.717) is 13.2 Å². The third-order valence-electron chi connectivity index (χ3n) is 2.97. The quantitative estimate of drug-likeness (QED) is 0.804. The topological polar surface area (TPSA) is 45.6 Å². The van der Waals surface area contributed by atoms with Gasteiger partial charge in [-0.1, -0.05) is 0 Å². The summed E-state index contributed by atoms with van der Waals surface area (Å²) in [5.74, 6) is 0. The zero-order chi connectivity index (χ0) is 13.5. The van der Waals surface area contributed by atoms with Gasteiger partial charge in [0.1, 0.15) is 0 Å². The molecule has 0 saturated carbocycles. The Morgan fingerprint density at radius 1 is 1.28 bits per heavy atom. The van der Waals surface area contributed by atoms with Crippen molar-refractivity contribution in [3.63, 3.8) is 0 Å². The van der Waals surface area contributed by atoms with Crippen LogP contribution in [0.25, 0.3) is 0 Å². The summed E-state index contributed by atoms with van der Waals surface area (Å²) in [6, 6.07) is 4.25. The fraction of sp³-hybridized carbons (Fsp3) is 0.643. The molecule has 0 aliphatic rings. The van der Waals surface area contributed by atoms with Crippen molar-refractivity contribution in [3.8, 4) is 0 Å². The van der Waals surface area contributed by atoms with Gasteiger partial charge >= 0.3 is 0 Å². The molecule has 4 heteroatoms. The average molecular weight is 252 g/mol. The summed E-state index contributed by atoms with van der Waals surface area (Å²) in [6.07, 6.45) is 3.28. The largest absolute Gasteiger partial charge is 0.389 e. The predicted molar refractivity (Wildman–Crippen MR) is 72.4 cm³/mol. The molecule has 2 unspecified atom stereocenters. The van der Waals surface area contributed by atoms with Gasteiger partial charge in [0.2, 0.25) is 0 Å². The molecule has 0 bridgehead atoms. The Morgan fingerprint density at radius 3 is 2.44 bits per heavy atom. The number of likely N-dealkylation sites (N-methyl/N-ethyl adjacent to an activating group) is 1. The number of rotatable bonds is 7. The lowest BCUT2D eigenvalue weighted by Crippen LogP contribution is -2.34. The summed E-state index contributed by atoms with van der Waals surface area (Å²) in [5.41, 5.74) is 1.20. The minimum atomic E-state index is -0.457. The van der Waals surface area contributed by atoms with Crippen LogP contribution < -0.4 is 0 Å². The molecule has 102 valence electrons. The van der Waals surface area contributed by atoms with E-state index in [1.165, 1.54) is 5.56 Å². The number of ether oxygens (including phenoxy) is 1. The minimum Gasteiger partial charge on any atom is -0.389 e. The van der Waals surface area contributed by atoms with E-state index in [2.05, 4.69) is 16.8 Å². The third-order valence-corrected chi connectivity index (χ3v) is 2.97. The zero-order valence-electron chi connectivity index (χ0n) is 11.7. The highest BCUT2D eigenvalue weighted by Crippen LogP contribution is 2.17. The summed E-state index contributed by atoms with van der Waals surface area (Å²) in [5, 5.41) is 9.89. The zero-order valence-corrected chi connectivity index (χ0v) is 11.7. The van der Waals surface area contributed by atoms with E-state index in [9.17, 15) is 5.11 Å². The van der Waals surface area contributed by atoms with E-state index in [1.807, 2.05) is 33.0 Å². The average Bonchev–Trinajstić information content (AvgIpc) is 2.36. The summed E-state index contributed by atoms with van der Waals surface area (Å²) in [4.78, 5) is 6.12. The molecule has 1 rings (SSSR count). The molecule has 2 atom stereocenters. The first kappa shape index (κ1) is 15.1. The third kappa shape index (κ3) is 5.12. The Balaban J connectivity index is 2.42. The monoisotopic (exact) mass is 252 g/mol. The van der Waals surface area contributed by atoms with Gasteiger partial charge in [-0.2, -0.15) is 0 Å². The van der Waals surface area contributed by atoms with Gasteiger partial charge in [0.25, 0.3) is 0 Å². The molecule has 0 aliphatic heterocycles. The van der Waals surface area contributed by atoms with Crippen LogP contribution in [0.15, 0.2) is 24.5 Å². The Hall–Kier alpha value is -0.970. The summed E-state index contributed by atoms with van der Waals surface area (Å²) < 4.78 is 5.40. The number of hydrogen-bond acceptors (Lipinski definition) is 4. The van der Waals surface area contributed by atoms with Crippen molar-refractivity contribution in [1.29, 1.82) is 0 Å². The van der Waals surface area contributed by atoms with Crippen LogP contribution >= 0.6 is 0 Å². The Morgan fingerprint density at radius 2 is 1.89 bits per heavy atom. The number of aliphatic hydroxyl groups excluding tert-OH is 1. The maximum absolute atomic E-state index is 9.89. The van der Waals surface area contributed by atoms with Crippen LogP contribution in [0.2, 0.25) is 0 Å². The van der Waals surface area contributed by atoms with Crippen molar-refractivity contribution in [2.24, 2.45) is 0 Å². The second-order valence-electron chi connectivity index (χ2n) is 4.93. The van der Waals surface area contributed by atoms with E-state index in [0.717, 1.165) is 0 Å². The Kier molecular flexibility index (Phi) is 6.25. The van der Waals surface area contributed by atoms with E-state index < -0.39 is 6.10 Å². The van der Waals surface area contributed by atoms with Crippen molar-refractivity contribution >= 4 is 0 Å². The lowest BCUT2D eigenvalue weighted by Gasteiger charge is -2.27. The van der Waals surface area contributed by atoms with Crippen LogP contribution in [-0.4, -0.2) is 47.4 Å². The van der Waals surface area contributed by atoms with Gasteiger partial charge in [0, 0.05) is 25.0 Å². The number of hydrogen-bond donors (Lipinski definition) is 1. The van der Waals surface area contributed by atoms with E-state index in [4.69, 9.17) is 4.74 Å². The SMILES string of the molecule is CC(C)OCC(O)CN(C)C(C)c1ccncc1. The number of aliphatic hydroxyl groups is 1. The molecule has 18 heavy (non-hydrogen) atoms. The second-order valence-corrected chi connectivity index (χ2v) is 4.93. The molecule has 0 spiro atoms.